The fourth-order valence-electron chi connectivity index (χ4n) is 2.10. The smallest absolute Gasteiger partial charge is 0.147 e. The highest BCUT2D eigenvalue weighted by Gasteiger charge is 2.07. The molecule has 1 heterocycles. The normalized spacial score (nSPS) is 12.2. The lowest BCUT2D eigenvalue weighted by Gasteiger charge is -2.16. The lowest BCUT2D eigenvalue weighted by molar-refractivity contribution is 0.478. The molecule has 0 spiro atoms. The molecule has 106 valence electrons. The second-order valence-electron chi connectivity index (χ2n) is 4.53. The minimum Gasteiger partial charge on any atom is -0.456 e. The molecule has 0 saturated heterocycles. The number of nitrogens with zero attached hydrogens (tertiary/aromatic N) is 1. The van der Waals surface area contributed by atoms with Gasteiger partial charge in [-0.1, -0.05) is 37.6 Å². The molecule has 1 atom stereocenters. The molecule has 0 aliphatic heterocycles. The highest BCUT2D eigenvalue weighted by molar-refractivity contribution is 6.30. The van der Waals surface area contributed by atoms with Crippen LogP contribution < -0.4 is 10.1 Å². The topological polar surface area (TPSA) is 34.1 Å². The van der Waals surface area contributed by atoms with Gasteiger partial charge < -0.3 is 10.1 Å². The summed E-state index contributed by atoms with van der Waals surface area (Å²) < 4.78 is 5.72. The molecule has 1 aromatic carbocycles. The van der Waals surface area contributed by atoms with Crippen LogP contribution in [0.4, 0.5) is 0 Å². The van der Waals surface area contributed by atoms with Crippen LogP contribution in [0.15, 0.2) is 42.7 Å². The summed E-state index contributed by atoms with van der Waals surface area (Å²) in [5.74, 6) is 1.42. The molecule has 0 fully saturated rings. The number of ether oxygens (including phenoxy) is 1. The first-order valence-corrected chi connectivity index (χ1v) is 7.22. The van der Waals surface area contributed by atoms with Gasteiger partial charge in [-0.2, -0.15) is 0 Å². The van der Waals surface area contributed by atoms with E-state index in [0.717, 1.165) is 18.7 Å². The van der Waals surface area contributed by atoms with E-state index in [0.29, 0.717) is 16.8 Å². The number of nitrogens with one attached hydrogen (secondary N) is 1. The Kier molecular flexibility index (Phi) is 5.39. The van der Waals surface area contributed by atoms with Gasteiger partial charge in [-0.05, 0) is 30.7 Å². The zero-order valence-corrected chi connectivity index (χ0v) is 12.5. The van der Waals surface area contributed by atoms with Crippen molar-refractivity contribution in [3.8, 4) is 11.5 Å². The molecule has 0 saturated carbocycles. The number of hydrogen-bond acceptors (Lipinski definition) is 3. The lowest BCUT2D eigenvalue weighted by Crippen LogP contribution is -2.19. The zero-order valence-electron chi connectivity index (χ0n) is 11.8. The zero-order chi connectivity index (χ0) is 14.4. The van der Waals surface area contributed by atoms with Crippen molar-refractivity contribution in [1.82, 2.24) is 10.3 Å². The molecule has 4 heteroatoms. The van der Waals surface area contributed by atoms with Gasteiger partial charge in [0.15, 0.2) is 0 Å². The Morgan fingerprint density at radius 3 is 2.50 bits per heavy atom. The second kappa shape index (κ2) is 7.27. The first-order chi connectivity index (χ1) is 9.72. The number of rotatable bonds is 6. The van der Waals surface area contributed by atoms with Crippen LogP contribution in [0.1, 0.15) is 31.9 Å². The van der Waals surface area contributed by atoms with Gasteiger partial charge in [0, 0.05) is 18.3 Å². The number of hydrogen-bond donors (Lipinski definition) is 1. The molecule has 2 aromatic rings. The summed E-state index contributed by atoms with van der Waals surface area (Å²) in [6.45, 7) is 5.26. The Morgan fingerprint density at radius 2 is 1.90 bits per heavy atom. The van der Waals surface area contributed by atoms with Crippen LogP contribution in [0.5, 0.6) is 11.5 Å². The van der Waals surface area contributed by atoms with Gasteiger partial charge >= 0.3 is 0 Å². The molecule has 0 radical (unpaired) electrons. The molecule has 0 bridgehead atoms. The quantitative estimate of drug-likeness (QED) is 0.845. The van der Waals surface area contributed by atoms with Crippen LogP contribution in [0.25, 0.3) is 0 Å². The van der Waals surface area contributed by atoms with Crippen LogP contribution >= 0.6 is 11.6 Å². The van der Waals surface area contributed by atoms with Gasteiger partial charge in [-0.3, -0.25) is 4.98 Å². The predicted molar refractivity (Wildman–Crippen MR) is 82.5 cm³/mol. The van der Waals surface area contributed by atoms with Crippen molar-refractivity contribution in [1.29, 1.82) is 0 Å². The molecule has 0 amide bonds. The van der Waals surface area contributed by atoms with Crippen molar-refractivity contribution >= 4 is 11.6 Å². The number of pyridine rings is 1. The van der Waals surface area contributed by atoms with Crippen LogP contribution in [0.2, 0.25) is 5.02 Å². The summed E-state index contributed by atoms with van der Waals surface area (Å²) in [7, 11) is 0. The van der Waals surface area contributed by atoms with E-state index >= 15 is 0 Å². The largest absolute Gasteiger partial charge is 0.456 e. The Hall–Kier alpha value is -1.58. The van der Waals surface area contributed by atoms with Gasteiger partial charge in [-0.25, -0.2) is 0 Å². The molecule has 0 aliphatic rings. The van der Waals surface area contributed by atoms with Crippen molar-refractivity contribution < 1.29 is 4.74 Å². The molecule has 3 nitrogen and oxygen atoms in total. The third-order valence-corrected chi connectivity index (χ3v) is 3.26. The van der Waals surface area contributed by atoms with Gasteiger partial charge in [-0.15, -0.1) is 0 Å². The Morgan fingerprint density at radius 1 is 1.15 bits per heavy atom. The van der Waals surface area contributed by atoms with E-state index < -0.39 is 0 Å². The highest BCUT2D eigenvalue weighted by atomic mass is 35.5. The third kappa shape index (κ3) is 3.95. The molecule has 0 aliphatic carbocycles. The van der Waals surface area contributed by atoms with Gasteiger partial charge in [0.1, 0.15) is 11.5 Å². The van der Waals surface area contributed by atoms with E-state index in [1.807, 2.05) is 12.1 Å². The predicted octanol–water partition coefficient (Wildman–Crippen LogP) is 4.59. The summed E-state index contributed by atoms with van der Waals surface area (Å²) in [4.78, 5) is 4.00. The minimum atomic E-state index is 0.391. The average molecular weight is 291 g/mol. The van der Waals surface area contributed by atoms with Crippen molar-refractivity contribution in [2.45, 2.75) is 26.3 Å². The fraction of sp³-hybridized carbons (Fsp3) is 0.312. The van der Waals surface area contributed by atoms with E-state index in [2.05, 4.69) is 36.3 Å². The van der Waals surface area contributed by atoms with Gasteiger partial charge in [0.2, 0.25) is 0 Å². The molecule has 1 unspecified atom stereocenters. The molecule has 2 rings (SSSR count). The molecule has 1 aromatic heterocycles. The van der Waals surface area contributed by atoms with Gasteiger partial charge in [0.05, 0.1) is 11.2 Å². The minimum absolute atomic E-state index is 0.391. The second-order valence-corrected chi connectivity index (χ2v) is 4.96. The first-order valence-electron chi connectivity index (χ1n) is 6.84. The van der Waals surface area contributed by atoms with Crippen molar-refractivity contribution in [3.05, 3.63) is 53.3 Å². The fourth-order valence-corrected chi connectivity index (χ4v) is 2.26. The lowest BCUT2D eigenvalue weighted by atomic mass is 10.0. The monoisotopic (exact) mass is 290 g/mol. The Labute approximate surface area is 124 Å². The first kappa shape index (κ1) is 14.8. The van der Waals surface area contributed by atoms with Crippen LogP contribution in [-0.4, -0.2) is 11.5 Å². The number of aromatic nitrogens is 1. The van der Waals surface area contributed by atoms with Crippen molar-refractivity contribution in [2.75, 3.05) is 6.54 Å². The van der Waals surface area contributed by atoms with E-state index in [1.54, 1.807) is 18.5 Å². The highest BCUT2D eigenvalue weighted by Crippen LogP contribution is 2.25. The summed E-state index contributed by atoms with van der Waals surface area (Å²) in [5, 5.41) is 4.02. The standard InChI is InChI=1S/C16H19ClN2O/c1-3-16(19-4-2)12-5-7-14(8-6-12)20-15-9-13(17)10-18-11-15/h5-11,16,19H,3-4H2,1-2H3. The third-order valence-electron chi connectivity index (χ3n) is 3.06. The molecular weight excluding hydrogens is 272 g/mol. The maximum absolute atomic E-state index is 5.88. The SMILES string of the molecule is CCNC(CC)c1ccc(Oc2cncc(Cl)c2)cc1. The Bertz CT molecular complexity index is 542. The molecule has 1 N–H and O–H groups in total. The maximum Gasteiger partial charge on any atom is 0.147 e. The molecular formula is C16H19ClN2O. The van der Waals surface area contributed by atoms with Crippen LogP contribution in [0.3, 0.4) is 0 Å². The van der Waals surface area contributed by atoms with Crippen LogP contribution in [0, 0.1) is 0 Å². The Balaban J connectivity index is 2.08. The van der Waals surface area contributed by atoms with E-state index in [4.69, 9.17) is 16.3 Å². The average Bonchev–Trinajstić information content (AvgIpc) is 2.46. The van der Waals surface area contributed by atoms with E-state index in [9.17, 15) is 0 Å². The summed E-state index contributed by atoms with van der Waals surface area (Å²) in [6.07, 6.45) is 4.29. The number of halogens is 1. The molecule has 20 heavy (non-hydrogen) atoms. The van der Waals surface area contributed by atoms with Crippen molar-refractivity contribution in [3.63, 3.8) is 0 Å². The van der Waals surface area contributed by atoms with Crippen LogP contribution in [-0.2, 0) is 0 Å². The van der Waals surface area contributed by atoms with Gasteiger partial charge in [0.25, 0.3) is 0 Å². The van der Waals surface area contributed by atoms with E-state index in [1.165, 1.54) is 5.56 Å². The van der Waals surface area contributed by atoms with E-state index in [-0.39, 0.29) is 0 Å². The summed E-state index contributed by atoms with van der Waals surface area (Å²) >= 11 is 5.88. The maximum atomic E-state index is 5.88. The number of benzene rings is 1. The summed E-state index contributed by atoms with van der Waals surface area (Å²) in [5.41, 5.74) is 1.27. The summed E-state index contributed by atoms with van der Waals surface area (Å²) in [6, 6.07) is 10.2. The van der Waals surface area contributed by atoms with Crippen molar-refractivity contribution in [2.24, 2.45) is 0 Å².